The largest absolute Gasteiger partial charge is 0.465 e. The minimum Gasteiger partial charge on any atom is -0.465 e. The van der Waals surface area contributed by atoms with E-state index >= 15 is 0 Å². The molecule has 18 heavy (non-hydrogen) atoms. The third-order valence-electron chi connectivity index (χ3n) is 2.74. The normalized spacial score (nSPS) is 14.9. The fourth-order valence-corrected chi connectivity index (χ4v) is 1.68. The van der Waals surface area contributed by atoms with Crippen LogP contribution in [0.5, 0.6) is 0 Å². The highest BCUT2D eigenvalue weighted by molar-refractivity contribution is 5.80. The summed E-state index contributed by atoms with van der Waals surface area (Å²) in [5.41, 5.74) is -0.818. The van der Waals surface area contributed by atoms with Gasteiger partial charge < -0.3 is 15.0 Å². The quantitative estimate of drug-likeness (QED) is 0.642. The van der Waals surface area contributed by atoms with Crippen LogP contribution in [-0.4, -0.2) is 56.1 Å². The molecular formula is C12H24F2N2O2. The Morgan fingerprint density at radius 3 is 2.50 bits per heavy atom. The Hall–Kier alpha value is -0.750. The Morgan fingerprint density at radius 2 is 2.06 bits per heavy atom. The average Bonchev–Trinajstić information content (AvgIpc) is 2.26. The molecule has 1 atom stereocenters. The molecular weight excluding hydrogens is 242 g/mol. The lowest BCUT2D eigenvalue weighted by molar-refractivity contribution is -0.151. The van der Waals surface area contributed by atoms with E-state index in [2.05, 4.69) is 5.32 Å². The second-order valence-corrected chi connectivity index (χ2v) is 4.49. The van der Waals surface area contributed by atoms with E-state index in [4.69, 9.17) is 4.74 Å². The maximum Gasteiger partial charge on any atom is 0.326 e. The van der Waals surface area contributed by atoms with Gasteiger partial charge in [0.2, 0.25) is 0 Å². The van der Waals surface area contributed by atoms with Crippen molar-refractivity contribution < 1.29 is 18.3 Å². The summed E-state index contributed by atoms with van der Waals surface area (Å²) in [6, 6.07) is 0. The van der Waals surface area contributed by atoms with Crippen molar-refractivity contribution in [1.29, 1.82) is 0 Å². The summed E-state index contributed by atoms with van der Waals surface area (Å²) < 4.78 is 29.4. The summed E-state index contributed by atoms with van der Waals surface area (Å²) in [5, 5.41) is 3.06. The van der Waals surface area contributed by atoms with E-state index in [1.165, 1.54) is 4.90 Å². The van der Waals surface area contributed by atoms with Crippen LogP contribution in [0, 0.1) is 0 Å². The molecule has 0 heterocycles. The molecule has 0 aliphatic rings. The summed E-state index contributed by atoms with van der Waals surface area (Å²) >= 11 is 0. The summed E-state index contributed by atoms with van der Waals surface area (Å²) in [5.74, 6) is -0.336. The number of nitrogens with one attached hydrogen (secondary N) is 1. The molecule has 0 saturated carbocycles. The van der Waals surface area contributed by atoms with E-state index in [0.717, 1.165) is 0 Å². The van der Waals surface area contributed by atoms with Crippen molar-refractivity contribution in [3.8, 4) is 0 Å². The number of nitrogens with zero attached hydrogens (tertiary/aromatic N) is 1. The van der Waals surface area contributed by atoms with Crippen LogP contribution in [0.2, 0.25) is 0 Å². The van der Waals surface area contributed by atoms with Crippen LogP contribution in [0.15, 0.2) is 0 Å². The predicted molar refractivity (Wildman–Crippen MR) is 66.8 cm³/mol. The van der Waals surface area contributed by atoms with Gasteiger partial charge in [0.15, 0.2) is 0 Å². The Labute approximate surface area is 108 Å². The van der Waals surface area contributed by atoms with Gasteiger partial charge >= 0.3 is 5.97 Å². The number of carbonyl (C=O) groups excluding carboxylic acids is 1. The highest BCUT2D eigenvalue weighted by Crippen LogP contribution is 2.13. The second-order valence-electron chi connectivity index (χ2n) is 4.49. The van der Waals surface area contributed by atoms with Crippen molar-refractivity contribution in [2.24, 2.45) is 0 Å². The standard InChI is InChI=1S/C12H24F2N2O2/c1-5-15-12(3,11(17)18-6-2)7-8-16(4)9-10(13)14/h10,15H,5-9H2,1-4H3. The fraction of sp³-hybridized carbons (Fsp3) is 0.917. The van der Waals surface area contributed by atoms with Gasteiger partial charge in [-0.25, -0.2) is 8.78 Å². The molecule has 0 amide bonds. The number of rotatable bonds is 9. The van der Waals surface area contributed by atoms with E-state index < -0.39 is 12.0 Å². The molecule has 0 fully saturated rings. The molecule has 0 aliphatic carbocycles. The van der Waals surface area contributed by atoms with E-state index in [-0.39, 0.29) is 12.5 Å². The molecule has 0 radical (unpaired) electrons. The number of likely N-dealkylation sites (N-methyl/N-ethyl adjacent to an activating group) is 1. The summed E-state index contributed by atoms with van der Waals surface area (Å²) in [6.07, 6.45) is -1.92. The van der Waals surface area contributed by atoms with Crippen molar-refractivity contribution >= 4 is 5.97 Å². The van der Waals surface area contributed by atoms with Crippen LogP contribution in [0.25, 0.3) is 0 Å². The molecule has 0 aliphatic heterocycles. The van der Waals surface area contributed by atoms with Crippen LogP contribution in [-0.2, 0) is 9.53 Å². The molecule has 0 spiro atoms. The van der Waals surface area contributed by atoms with Gasteiger partial charge in [-0.2, -0.15) is 0 Å². The second kappa shape index (κ2) is 8.37. The molecule has 1 unspecified atom stereocenters. The van der Waals surface area contributed by atoms with Gasteiger partial charge in [-0.1, -0.05) is 6.92 Å². The molecule has 6 heteroatoms. The van der Waals surface area contributed by atoms with Crippen molar-refractivity contribution in [2.75, 3.05) is 33.3 Å². The highest BCUT2D eigenvalue weighted by Gasteiger charge is 2.33. The molecule has 0 rings (SSSR count). The predicted octanol–water partition coefficient (Wildman–Crippen LogP) is 1.50. The summed E-state index contributed by atoms with van der Waals surface area (Å²) in [6.45, 7) is 6.43. The van der Waals surface area contributed by atoms with Crippen molar-refractivity contribution in [1.82, 2.24) is 10.2 Å². The third kappa shape index (κ3) is 6.26. The molecule has 0 aromatic rings. The number of esters is 1. The van der Waals surface area contributed by atoms with Crippen LogP contribution in [0.3, 0.4) is 0 Å². The van der Waals surface area contributed by atoms with Crippen LogP contribution in [0.4, 0.5) is 8.78 Å². The van der Waals surface area contributed by atoms with Crippen molar-refractivity contribution in [2.45, 2.75) is 39.2 Å². The van der Waals surface area contributed by atoms with Gasteiger partial charge in [0.05, 0.1) is 13.2 Å². The minimum atomic E-state index is -2.36. The first-order valence-corrected chi connectivity index (χ1v) is 6.24. The van der Waals surface area contributed by atoms with Crippen molar-refractivity contribution in [3.05, 3.63) is 0 Å². The molecule has 0 aromatic heterocycles. The maximum atomic E-state index is 12.2. The highest BCUT2D eigenvalue weighted by atomic mass is 19.3. The number of hydrogen-bond donors (Lipinski definition) is 1. The van der Waals surface area contributed by atoms with Crippen LogP contribution in [0.1, 0.15) is 27.2 Å². The van der Waals surface area contributed by atoms with Gasteiger partial charge in [-0.05, 0) is 33.9 Å². The first-order chi connectivity index (χ1) is 8.35. The SMILES string of the molecule is CCNC(C)(CCN(C)CC(F)F)C(=O)OCC. The molecule has 1 N–H and O–H groups in total. The van der Waals surface area contributed by atoms with Gasteiger partial charge in [0.1, 0.15) is 5.54 Å². The number of halogens is 2. The Balaban J connectivity index is 4.38. The molecule has 0 saturated heterocycles. The molecule has 0 aromatic carbocycles. The van der Waals surface area contributed by atoms with E-state index in [0.29, 0.717) is 26.1 Å². The lowest BCUT2D eigenvalue weighted by Crippen LogP contribution is -2.52. The fourth-order valence-electron chi connectivity index (χ4n) is 1.68. The van der Waals surface area contributed by atoms with Gasteiger partial charge in [0.25, 0.3) is 6.43 Å². The van der Waals surface area contributed by atoms with Gasteiger partial charge in [-0.15, -0.1) is 0 Å². The van der Waals surface area contributed by atoms with E-state index in [9.17, 15) is 13.6 Å². The Morgan fingerprint density at radius 1 is 1.44 bits per heavy atom. The Kier molecular flexibility index (Phi) is 8.02. The van der Waals surface area contributed by atoms with Crippen molar-refractivity contribution in [3.63, 3.8) is 0 Å². The number of alkyl halides is 2. The zero-order valence-corrected chi connectivity index (χ0v) is 11.6. The lowest BCUT2D eigenvalue weighted by Gasteiger charge is -2.30. The zero-order valence-electron chi connectivity index (χ0n) is 11.6. The number of hydrogen-bond acceptors (Lipinski definition) is 4. The summed E-state index contributed by atoms with van der Waals surface area (Å²) in [7, 11) is 1.61. The van der Waals surface area contributed by atoms with Gasteiger partial charge in [-0.3, -0.25) is 4.79 Å². The maximum absolute atomic E-state index is 12.2. The lowest BCUT2D eigenvalue weighted by atomic mass is 9.97. The van der Waals surface area contributed by atoms with E-state index in [1.807, 2.05) is 6.92 Å². The topological polar surface area (TPSA) is 41.6 Å². The van der Waals surface area contributed by atoms with Crippen LogP contribution < -0.4 is 5.32 Å². The molecule has 108 valence electrons. The van der Waals surface area contributed by atoms with E-state index in [1.54, 1.807) is 20.9 Å². The van der Waals surface area contributed by atoms with Crippen LogP contribution >= 0.6 is 0 Å². The number of carbonyl (C=O) groups is 1. The zero-order chi connectivity index (χ0) is 14.2. The minimum absolute atomic E-state index is 0.287. The summed E-state index contributed by atoms with van der Waals surface area (Å²) in [4.78, 5) is 13.4. The van der Waals surface area contributed by atoms with Gasteiger partial charge in [0, 0.05) is 6.54 Å². The number of ether oxygens (including phenoxy) is 1. The smallest absolute Gasteiger partial charge is 0.326 e. The molecule has 0 bridgehead atoms. The third-order valence-corrected chi connectivity index (χ3v) is 2.74. The average molecular weight is 266 g/mol. The Bertz CT molecular complexity index is 252. The monoisotopic (exact) mass is 266 g/mol. The first kappa shape index (κ1) is 17.2. The molecule has 4 nitrogen and oxygen atoms in total. The first-order valence-electron chi connectivity index (χ1n) is 6.24.